The van der Waals surface area contributed by atoms with Crippen LogP contribution in [0.5, 0.6) is 0 Å². The summed E-state index contributed by atoms with van der Waals surface area (Å²) < 4.78 is 38.3. The Labute approximate surface area is 99.0 Å². The van der Waals surface area contributed by atoms with Gasteiger partial charge in [0.05, 0.1) is 5.56 Å². The highest BCUT2D eigenvalue weighted by Crippen LogP contribution is 2.34. The number of alkyl halides is 3. The van der Waals surface area contributed by atoms with Crippen LogP contribution in [0.4, 0.5) is 13.2 Å². The zero-order chi connectivity index (χ0) is 12.5. The molecule has 94 valence electrons. The van der Waals surface area contributed by atoms with Crippen LogP contribution in [0.15, 0.2) is 18.2 Å². The molecule has 1 aromatic rings. The maximum atomic E-state index is 12.8. The fraction of sp³-hybridized carbons (Fsp3) is 0.538. The Morgan fingerprint density at radius 3 is 2.59 bits per heavy atom. The summed E-state index contributed by atoms with van der Waals surface area (Å²) in [5.41, 5.74) is 0.530. The lowest BCUT2D eigenvalue weighted by molar-refractivity contribution is -0.138. The van der Waals surface area contributed by atoms with Crippen molar-refractivity contribution in [1.29, 1.82) is 0 Å². The zero-order valence-corrected chi connectivity index (χ0v) is 9.77. The Hall–Kier alpha value is -1.03. The Morgan fingerprint density at radius 2 is 2.00 bits per heavy atom. The first-order valence-corrected chi connectivity index (χ1v) is 5.89. The molecule has 4 heteroatoms. The normalized spacial score (nSPS) is 21.5. The molecule has 0 aliphatic carbocycles. The third-order valence-electron chi connectivity index (χ3n) is 3.28. The van der Waals surface area contributed by atoms with Crippen molar-refractivity contribution in [3.63, 3.8) is 0 Å². The van der Waals surface area contributed by atoms with Gasteiger partial charge in [-0.05, 0) is 43.5 Å². The van der Waals surface area contributed by atoms with Crippen LogP contribution >= 0.6 is 0 Å². The van der Waals surface area contributed by atoms with Crippen molar-refractivity contribution in [2.45, 2.75) is 38.4 Å². The lowest BCUT2D eigenvalue weighted by Gasteiger charge is -2.25. The number of rotatable bonds is 1. The van der Waals surface area contributed by atoms with Crippen molar-refractivity contribution in [3.05, 3.63) is 34.9 Å². The highest BCUT2D eigenvalue weighted by atomic mass is 19.4. The van der Waals surface area contributed by atoms with E-state index in [-0.39, 0.29) is 11.6 Å². The number of halogens is 3. The summed E-state index contributed by atoms with van der Waals surface area (Å²) in [5, 5.41) is 3.27. The van der Waals surface area contributed by atoms with Gasteiger partial charge in [-0.1, -0.05) is 18.6 Å². The summed E-state index contributed by atoms with van der Waals surface area (Å²) in [5.74, 6) is 0. The van der Waals surface area contributed by atoms with Gasteiger partial charge in [0.15, 0.2) is 0 Å². The van der Waals surface area contributed by atoms with Crippen molar-refractivity contribution in [2.75, 3.05) is 6.54 Å². The standard InChI is InChI=1S/C13H16F3N/c1-9-5-6-10(8-11(9)13(14,15)16)12-4-2-3-7-17-12/h5-6,8,12,17H,2-4,7H2,1H3. The van der Waals surface area contributed by atoms with E-state index >= 15 is 0 Å². The fourth-order valence-electron chi connectivity index (χ4n) is 2.30. The van der Waals surface area contributed by atoms with E-state index in [9.17, 15) is 13.2 Å². The number of benzene rings is 1. The van der Waals surface area contributed by atoms with Gasteiger partial charge in [0.2, 0.25) is 0 Å². The second-order valence-electron chi connectivity index (χ2n) is 4.57. The van der Waals surface area contributed by atoms with Crippen LogP contribution in [-0.4, -0.2) is 6.54 Å². The SMILES string of the molecule is Cc1ccc(C2CCCCN2)cc1C(F)(F)F. The van der Waals surface area contributed by atoms with E-state index in [2.05, 4.69) is 5.32 Å². The van der Waals surface area contributed by atoms with Gasteiger partial charge in [-0.3, -0.25) is 0 Å². The molecule has 1 unspecified atom stereocenters. The lowest BCUT2D eigenvalue weighted by atomic mass is 9.94. The highest BCUT2D eigenvalue weighted by Gasteiger charge is 2.33. The summed E-state index contributed by atoms with van der Waals surface area (Å²) >= 11 is 0. The quantitative estimate of drug-likeness (QED) is 0.790. The fourth-order valence-corrected chi connectivity index (χ4v) is 2.30. The van der Waals surface area contributed by atoms with Crippen LogP contribution in [-0.2, 0) is 6.18 Å². The number of aryl methyl sites for hydroxylation is 1. The molecule has 1 atom stereocenters. The molecule has 0 aromatic heterocycles. The van der Waals surface area contributed by atoms with Gasteiger partial charge in [-0.25, -0.2) is 0 Å². The third-order valence-corrected chi connectivity index (χ3v) is 3.28. The second-order valence-corrected chi connectivity index (χ2v) is 4.57. The van der Waals surface area contributed by atoms with Crippen LogP contribution in [0.2, 0.25) is 0 Å². The summed E-state index contributed by atoms with van der Waals surface area (Å²) in [6, 6.07) is 4.73. The smallest absolute Gasteiger partial charge is 0.310 e. The minimum Gasteiger partial charge on any atom is -0.310 e. The molecule has 0 radical (unpaired) electrons. The topological polar surface area (TPSA) is 12.0 Å². The van der Waals surface area contributed by atoms with Gasteiger partial charge in [-0.2, -0.15) is 13.2 Å². The molecule has 1 aromatic carbocycles. The summed E-state index contributed by atoms with van der Waals surface area (Å²) in [6.45, 7) is 2.39. The van der Waals surface area contributed by atoms with E-state index in [0.717, 1.165) is 31.4 Å². The van der Waals surface area contributed by atoms with Gasteiger partial charge in [0.25, 0.3) is 0 Å². The molecule has 0 spiro atoms. The minimum atomic E-state index is -4.26. The molecule has 1 heterocycles. The van der Waals surface area contributed by atoms with Crippen LogP contribution in [0.25, 0.3) is 0 Å². The number of nitrogens with one attached hydrogen (secondary N) is 1. The molecule has 1 aliphatic heterocycles. The van der Waals surface area contributed by atoms with Crippen LogP contribution in [0.3, 0.4) is 0 Å². The first-order chi connectivity index (χ1) is 7.98. The van der Waals surface area contributed by atoms with E-state index in [0.29, 0.717) is 0 Å². The van der Waals surface area contributed by atoms with E-state index in [1.165, 1.54) is 13.0 Å². The van der Waals surface area contributed by atoms with Crippen LogP contribution < -0.4 is 5.32 Å². The molecule has 0 saturated carbocycles. The molecule has 17 heavy (non-hydrogen) atoms. The molecule has 1 fully saturated rings. The number of hydrogen-bond acceptors (Lipinski definition) is 1. The molecule has 1 nitrogen and oxygen atoms in total. The van der Waals surface area contributed by atoms with Crippen LogP contribution in [0.1, 0.15) is 42.0 Å². The molecule has 0 amide bonds. The average molecular weight is 243 g/mol. The van der Waals surface area contributed by atoms with E-state index in [4.69, 9.17) is 0 Å². The highest BCUT2D eigenvalue weighted by molar-refractivity contribution is 5.34. The van der Waals surface area contributed by atoms with E-state index in [1.54, 1.807) is 12.1 Å². The monoisotopic (exact) mass is 243 g/mol. The predicted octanol–water partition coefficient (Wildman–Crippen LogP) is 3.83. The number of piperidine rings is 1. The summed E-state index contributed by atoms with van der Waals surface area (Å²) in [6.07, 6.45) is -1.16. The molecule has 2 rings (SSSR count). The van der Waals surface area contributed by atoms with Crippen LogP contribution in [0, 0.1) is 6.92 Å². The molecule has 1 N–H and O–H groups in total. The van der Waals surface area contributed by atoms with Crippen molar-refractivity contribution >= 4 is 0 Å². The Balaban J connectivity index is 2.30. The Bertz CT molecular complexity index is 392. The lowest BCUT2D eigenvalue weighted by Crippen LogP contribution is -2.27. The first kappa shape index (κ1) is 12.4. The maximum Gasteiger partial charge on any atom is 0.416 e. The van der Waals surface area contributed by atoms with E-state index in [1.807, 2.05) is 0 Å². The molecular formula is C13H16F3N. The molecule has 1 aliphatic rings. The second kappa shape index (κ2) is 4.69. The first-order valence-electron chi connectivity index (χ1n) is 5.89. The summed E-state index contributed by atoms with van der Waals surface area (Å²) in [7, 11) is 0. The Kier molecular flexibility index (Phi) is 3.43. The van der Waals surface area contributed by atoms with Gasteiger partial charge in [0, 0.05) is 6.04 Å². The van der Waals surface area contributed by atoms with E-state index < -0.39 is 11.7 Å². The van der Waals surface area contributed by atoms with Gasteiger partial charge in [0.1, 0.15) is 0 Å². The Morgan fingerprint density at radius 1 is 1.24 bits per heavy atom. The summed E-state index contributed by atoms with van der Waals surface area (Å²) in [4.78, 5) is 0. The third kappa shape index (κ3) is 2.80. The minimum absolute atomic E-state index is 0.0745. The zero-order valence-electron chi connectivity index (χ0n) is 9.77. The molecular weight excluding hydrogens is 227 g/mol. The predicted molar refractivity (Wildman–Crippen MR) is 60.8 cm³/mol. The molecule has 0 bridgehead atoms. The molecule has 1 saturated heterocycles. The van der Waals surface area contributed by atoms with Gasteiger partial charge >= 0.3 is 6.18 Å². The van der Waals surface area contributed by atoms with Crippen molar-refractivity contribution in [3.8, 4) is 0 Å². The van der Waals surface area contributed by atoms with Crippen molar-refractivity contribution < 1.29 is 13.2 Å². The number of hydrogen-bond donors (Lipinski definition) is 1. The van der Waals surface area contributed by atoms with Crippen molar-refractivity contribution in [2.24, 2.45) is 0 Å². The van der Waals surface area contributed by atoms with Crippen molar-refractivity contribution in [1.82, 2.24) is 5.32 Å². The largest absolute Gasteiger partial charge is 0.416 e. The average Bonchev–Trinajstić information content (AvgIpc) is 2.29. The van der Waals surface area contributed by atoms with Gasteiger partial charge < -0.3 is 5.32 Å². The maximum absolute atomic E-state index is 12.8. The van der Waals surface area contributed by atoms with Gasteiger partial charge in [-0.15, -0.1) is 0 Å².